The number of ether oxygens (including phenoxy) is 2. The summed E-state index contributed by atoms with van der Waals surface area (Å²) >= 11 is 1.09. The highest BCUT2D eigenvalue weighted by Gasteiger charge is 2.30. The van der Waals surface area contributed by atoms with Gasteiger partial charge in [0.25, 0.3) is 0 Å². The highest BCUT2D eigenvalue weighted by atomic mass is 32.2. The Hall–Kier alpha value is -2.00. The number of benzene rings is 1. The van der Waals surface area contributed by atoms with Crippen LogP contribution in [0.5, 0.6) is 0 Å². The van der Waals surface area contributed by atoms with Gasteiger partial charge in [0.15, 0.2) is 9.84 Å². The summed E-state index contributed by atoms with van der Waals surface area (Å²) < 4.78 is 48.1. The van der Waals surface area contributed by atoms with E-state index in [2.05, 4.69) is 0 Å². The lowest BCUT2D eigenvalue weighted by Crippen LogP contribution is -2.14. The van der Waals surface area contributed by atoms with E-state index in [1.165, 1.54) is 6.07 Å². The van der Waals surface area contributed by atoms with Gasteiger partial charge in [0.1, 0.15) is 17.3 Å². The number of hydrogen-bond acceptors (Lipinski definition) is 7. The zero-order valence-electron chi connectivity index (χ0n) is 14.7. The van der Waals surface area contributed by atoms with Gasteiger partial charge in [-0.15, -0.1) is 11.3 Å². The van der Waals surface area contributed by atoms with Gasteiger partial charge in [0.2, 0.25) is 0 Å². The smallest absolute Gasteiger partial charge is 0.348 e. The normalized spacial score (nSPS) is 18.5. The first-order valence-corrected chi connectivity index (χ1v) is 11.2. The zero-order valence-corrected chi connectivity index (χ0v) is 16.3. The van der Waals surface area contributed by atoms with Gasteiger partial charge in [-0.2, -0.15) is 0 Å². The Kier molecular flexibility index (Phi) is 5.81. The third-order valence-electron chi connectivity index (χ3n) is 4.38. The molecule has 2 aromatic rings. The average molecular weight is 414 g/mol. The number of halogens is 1. The summed E-state index contributed by atoms with van der Waals surface area (Å²) in [5, 5.41) is 0.238. The van der Waals surface area contributed by atoms with Crippen LogP contribution in [0.2, 0.25) is 0 Å². The second kappa shape index (κ2) is 7.93. The summed E-state index contributed by atoms with van der Waals surface area (Å²) in [6.07, 6.45) is 0.417. The third kappa shape index (κ3) is 4.47. The number of sulfone groups is 1. The summed E-state index contributed by atoms with van der Waals surface area (Å²) in [6.45, 7) is 1.57. The van der Waals surface area contributed by atoms with Crippen molar-refractivity contribution in [3.8, 4) is 0 Å². The van der Waals surface area contributed by atoms with Crippen molar-refractivity contribution in [1.82, 2.24) is 0 Å². The average Bonchev–Trinajstić information content (AvgIpc) is 3.14. The predicted octanol–water partition coefficient (Wildman–Crippen LogP) is 3.09. The van der Waals surface area contributed by atoms with E-state index in [1.807, 2.05) is 0 Å². The van der Waals surface area contributed by atoms with E-state index in [9.17, 15) is 22.4 Å². The summed E-state index contributed by atoms with van der Waals surface area (Å²) in [6, 6.07) is 4.50. The molecule has 2 heterocycles. The Labute approximate surface area is 160 Å². The molecule has 0 unspecified atom stereocenters. The van der Waals surface area contributed by atoms with E-state index in [-0.39, 0.29) is 52.9 Å². The molecule has 1 atom stereocenters. The molecule has 146 valence electrons. The quantitative estimate of drug-likeness (QED) is 0.675. The molecule has 0 radical (unpaired) electrons. The van der Waals surface area contributed by atoms with Crippen molar-refractivity contribution in [3.05, 3.63) is 34.5 Å². The zero-order chi connectivity index (χ0) is 19.6. The molecule has 27 heavy (non-hydrogen) atoms. The van der Waals surface area contributed by atoms with Crippen LogP contribution >= 0.6 is 11.3 Å². The molecular weight excluding hydrogens is 395 g/mol. The largest absolute Gasteiger partial charge is 0.462 e. The number of thiophene rings is 1. The van der Waals surface area contributed by atoms with Gasteiger partial charge in [-0.05, 0) is 31.4 Å². The molecule has 0 amide bonds. The van der Waals surface area contributed by atoms with Crippen molar-refractivity contribution < 1.29 is 31.9 Å². The number of hydrogen-bond donors (Lipinski definition) is 0. The van der Waals surface area contributed by atoms with E-state index in [0.29, 0.717) is 11.1 Å². The first-order valence-electron chi connectivity index (χ1n) is 8.53. The van der Waals surface area contributed by atoms with Crippen LogP contribution in [0.3, 0.4) is 0 Å². The monoisotopic (exact) mass is 414 g/mol. The maximum absolute atomic E-state index is 14.3. The fourth-order valence-electron chi connectivity index (χ4n) is 3.15. The topological polar surface area (TPSA) is 86.7 Å². The minimum Gasteiger partial charge on any atom is -0.462 e. The molecule has 6 nitrogen and oxygen atoms in total. The number of carbonyl (C=O) groups excluding carboxylic acids is 2. The Morgan fingerprint density at radius 3 is 2.74 bits per heavy atom. The van der Waals surface area contributed by atoms with Crippen molar-refractivity contribution in [1.29, 1.82) is 0 Å². The molecule has 9 heteroatoms. The van der Waals surface area contributed by atoms with Crippen molar-refractivity contribution in [2.75, 3.05) is 18.1 Å². The van der Waals surface area contributed by atoms with Crippen LogP contribution in [0.25, 0.3) is 10.1 Å². The lowest BCUT2D eigenvalue weighted by atomic mass is 10.1. The highest BCUT2D eigenvalue weighted by Crippen LogP contribution is 2.34. The minimum atomic E-state index is -3.07. The molecule has 1 aromatic carbocycles. The Balaban J connectivity index is 1.78. The number of carbonyl (C=O) groups is 2. The molecule has 1 aliphatic heterocycles. The first-order chi connectivity index (χ1) is 12.8. The van der Waals surface area contributed by atoms with E-state index in [4.69, 9.17) is 9.47 Å². The molecule has 1 aromatic heterocycles. The number of fused-ring (bicyclic) bond motifs is 1. The lowest BCUT2D eigenvalue weighted by molar-refractivity contribution is -0.145. The summed E-state index contributed by atoms with van der Waals surface area (Å²) in [5.41, 5.74) is 0.277. The van der Waals surface area contributed by atoms with Crippen LogP contribution in [-0.4, -0.2) is 38.5 Å². The molecular formula is C18H19FO6S2. The molecule has 0 aliphatic carbocycles. The maximum Gasteiger partial charge on any atom is 0.348 e. The Bertz CT molecular complexity index is 979. The fourth-order valence-corrected chi connectivity index (χ4v) is 6.12. The van der Waals surface area contributed by atoms with E-state index < -0.39 is 27.6 Å². The summed E-state index contributed by atoms with van der Waals surface area (Å²) in [5.74, 6) is -1.87. The van der Waals surface area contributed by atoms with Crippen LogP contribution in [0, 0.1) is 11.7 Å². The Morgan fingerprint density at radius 1 is 1.30 bits per heavy atom. The van der Waals surface area contributed by atoms with Gasteiger partial charge >= 0.3 is 11.9 Å². The molecule has 0 spiro atoms. The highest BCUT2D eigenvalue weighted by molar-refractivity contribution is 7.91. The standard InChI is InChI=1S/C18H19FO6S2/c1-2-24-18(21)17-12(16-13(19)4-3-5-14(16)26-17)9-25-15(20)8-11-6-7-27(22,23)10-11/h3-5,11H,2,6-10H2,1H3/t11-/m1/s1. The van der Waals surface area contributed by atoms with Gasteiger partial charge < -0.3 is 9.47 Å². The number of esters is 2. The van der Waals surface area contributed by atoms with Gasteiger partial charge in [0, 0.05) is 22.1 Å². The second-order valence-electron chi connectivity index (χ2n) is 6.38. The van der Waals surface area contributed by atoms with Crippen LogP contribution in [0.4, 0.5) is 4.39 Å². The fraction of sp³-hybridized carbons (Fsp3) is 0.444. The molecule has 3 rings (SSSR count). The van der Waals surface area contributed by atoms with E-state index in [0.717, 1.165) is 11.3 Å². The Morgan fingerprint density at radius 2 is 2.07 bits per heavy atom. The van der Waals surface area contributed by atoms with Crippen molar-refractivity contribution >= 4 is 43.2 Å². The molecule has 1 fully saturated rings. The van der Waals surface area contributed by atoms with Crippen molar-refractivity contribution in [2.45, 2.75) is 26.4 Å². The summed E-state index contributed by atoms with van der Waals surface area (Å²) in [7, 11) is -3.07. The minimum absolute atomic E-state index is 0.0154. The maximum atomic E-state index is 14.3. The van der Waals surface area contributed by atoms with Gasteiger partial charge in [0.05, 0.1) is 18.1 Å². The lowest BCUT2D eigenvalue weighted by Gasteiger charge is -2.09. The molecule has 1 aliphatic rings. The van der Waals surface area contributed by atoms with Crippen LogP contribution in [-0.2, 0) is 30.7 Å². The van der Waals surface area contributed by atoms with Crippen LogP contribution in [0.15, 0.2) is 18.2 Å². The molecule has 0 N–H and O–H groups in total. The number of rotatable bonds is 6. The molecule has 0 saturated carbocycles. The van der Waals surface area contributed by atoms with Gasteiger partial charge in [-0.1, -0.05) is 6.07 Å². The first kappa shape index (κ1) is 19.8. The van der Waals surface area contributed by atoms with Crippen molar-refractivity contribution in [2.24, 2.45) is 5.92 Å². The van der Waals surface area contributed by atoms with E-state index in [1.54, 1.807) is 19.1 Å². The van der Waals surface area contributed by atoms with E-state index >= 15 is 0 Å². The SMILES string of the molecule is CCOC(=O)c1sc2cccc(F)c2c1COC(=O)C[C@H]1CCS(=O)(=O)C1. The van der Waals surface area contributed by atoms with Gasteiger partial charge in [-0.25, -0.2) is 17.6 Å². The van der Waals surface area contributed by atoms with Crippen LogP contribution < -0.4 is 0 Å². The van der Waals surface area contributed by atoms with Gasteiger partial charge in [-0.3, -0.25) is 4.79 Å². The molecule has 0 bridgehead atoms. The van der Waals surface area contributed by atoms with Crippen molar-refractivity contribution in [3.63, 3.8) is 0 Å². The second-order valence-corrected chi connectivity index (χ2v) is 9.66. The summed E-state index contributed by atoms with van der Waals surface area (Å²) in [4.78, 5) is 24.5. The third-order valence-corrected chi connectivity index (χ3v) is 7.40. The molecule has 1 saturated heterocycles. The van der Waals surface area contributed by atoms with Crippen LogP contribution in [0.1, 0.15) is 35.0 Å². The predicted molar refractivity (Wildman–Crippen MR) is 98.9 cm³/mol.